The summed E-state index contributed by atoms with van der Waals surface area (Å²) in [6, 6.07) is 8.86. The van der Waals surface area contributed by atoms with Crippen LogP contribution in [0.2, 0.25) is 0 Å². The number of nitrogens with one attached hydrogen (secondary N) is 1. The first-order valence-corrected chi connectivity index (χ1v) is 8.15. The fourth-order valence-corrected chi connectivity index (χ4v) is 2.73. The van der Waals surface area contributed by atoms with E-state index in [1.807, 2.05) is 0 Å². The number of carbonyl (C=O) groups is 2. The van der Waals surface area contributed by atoms with E-state index in [0.29, 0.717) is 0 Å². The summed E-state index contributed by atoms with van der Waals surface area (Å²) in [6.45, 7) is -0.0688. The van der Waals surface area contributed by atoms with Crippen LogP contribution in [0.4, 0.5) is 0 Å². The van der Waals surface area contributed by atoms with Crippen molar-refractivity contribution in [2.75, 3.05) is 12.7 Å². The summed E-state index contributed by atoms with van der Waals surface area (Å²) in [4.78, 5) is 40.5. The van der Waals surface area contributed by atoms with Crippen LogP contribution in [0.5, 0.6) is 0 Å². The van der Waals surface area contributed by atoms with Gasteiger partial charge in [0.05, 0.1) is 18.5 Å². The summed E-state index contributed by atoms with van der Waals surface area (Å²) in [5.41, 5.74) is 0.782. The van der Waals surface area contributed by atoms with Gasteiger partial charge in [-0.2, -0.15) is 0 Å². The zero-order valence-electron chi connectivity index (χ0n) is 11.3. The van der Waals surface area contributed by atoms with Gasteiger partial charge in [0.15, 0.2) is 0 Å². The van der Waals surface area contributed by atoms with Crippen LogP contribution in [0.1, 0.15) is 12.0 Å². The Balaban J connectivity index is 2.70. The Labute approximate surface area is 122 Å². The zero-order chi connectivity index (χ0) is 15.9. The van der Waals surface area contributed by atoms with Crippen molar-refractivity contribution in [3.05, 3.63) is 35.9 Å². The van der Waals surface area contributed by atoms with Gasteiger partial charge in [-0.3, -0.25) is 14.2 Å². The molecule has 1 rings (SSSR count). The van der Waals surface area contributed by atoms with Gasteiger partial charge in [0.2, 0.25) is 5.91 Å². The van der Waals surface area contributed by atoms with Crippen LogP contribution in [0.3, 0.4) is 0 Å². The highest BCUT2D eigenvalue weighted by Gasteiger charge is 2.27. The second kappa shape index (κ2) is 7.93. The molecule has 0 radical (unpaired) electrons. The number of carboxylic acid groups (broad SMARTS) is 1. The van der Waals surface area contributed by atoms with E-state index in [1.54, 1.807) is 30.3 Å². The largest absolute Gasteiger partial charge is 0.481 e. The molecule has 0 spiro atoms. The molecule has 8 heteroatoms. The fraction of sp³-hybridized carbons (Fsp3) is 0.385. The van der Waals surface area contributed by atoms with E-state index < -0.39 is 31.6 Å². The van der Waals surface area contributed by atoms with Crippen molar-refractivity contribution in [1.29, 1.82) is 0 Å². The highest BCUT2D eigenvalue weighted by molar-refractivity contribution is 7.51. The molecule has 21 heavy (non-hydrogen) atoms. The number of hydrogen-bond donors (Lipinski definition) is 4. The fourth-order valence-electron chi connectivity index (χ4n) is 1.86. The average Bonchev–Trinajstić information content (AvgIpc) is 2.37. The Hall–Kier alpha value is -1.69. The lowest BCUT2D eigenvalue weighted by Gasteiger charge is -2.17. The Bertz CT molecular complexity index is 527. The number of benzene rings is 1. The first-order chi connectivity index (χ1) is 9.78. The molecule has 0 unspecified atom stereocenters. The highest BCUT2D eigenvalue weighted by atomic mass is 31.2. The number of rotatable bonds is 8. The first-order valence-electron chi connectivity index (χ1n) is 6.36. The summed E-state index contributed by atoms with van der Waals surface area (Å²) in [7, 11) is -4.34. The minimum absolute atomic E-state index is 0.0688. The molecule has 0 aliphatic heterocycles. The van der Waals surface area contributed by atoms with E-state index in [-0.39, 0.29) is 19.4 Å². The lowest BCUT2D eigenvalue weighted by Crippen LogP contribution is -2.35. The molecule has 7 nitrogen and oxygen atoms in total. The van der Waals surface area contributed by atoms with Crippen LogP contribution in [0.15, 0.2) is 30.3 Å². The maximum absolute atomic E-state index is 12.0. The maximum Gasteiger partial charge on any atom is 0.326 e. The van der Waals surface area contributed by atoms with E-state index in [9.17, 15) is 14.2 Å². The van der Waals surface area contributed by atoms with E-state index in [2.05, 4.69) is 5.32 Å². The Morgan fingerprint density at radius 1 is 1.19 bits per heavy atom. The third-order valence-corrected chi connectivity index (χ3v) is 3.71. The molecule has 0 aliphatic carbocycles. The van der Waals surface area contributed by atoms with Gasteiger partial charge in [0, 0.05) is 6.54 Å². The molecule has 4 N–H and O–H groups in total. The minimum Gasteiger partial charge on any atom is -0.481 e. The number of carboxylic acids is 1. The van der Waals surface area contributed by atoms with E-state index in [4.69, 9.17) is 14.9 Å². The van der Waals surface area contributed by atoms with Crippen LogP contribution in [0, 0.1) is 5.92 Å². The van der Waals surface area contributed by atoms with E-state index in [1.165, 1.54) is 0 Å². The molecular formula is C13H18NO6P. The molecule has 0 heterocycles. The minimum atomic E-state index is -4.34. The molecule has 0 saturated heterocycles. The van der Waals surface area contributed by atoms with Crippen LogP contribution in [-0.2, 0) is 20.6 Å². The van der Waals surface area contributed by atoms with Gasteiger partial charge in [-0.05, 0) is 12.0 Å². The molecule has 0 saturated carbocycles. The molecule has 0 bridgehead atoms. The Morgan fingerprint density at radius 3 is 2.33 bits per heavy atom. The van der Waals surface area contributed by atoms with Gasteiger partial charge in [0.1, 0.15) is 0 Å². The van der Waals surface area contributed by atoms with Crippen molar-refractivity contribution in [3.8, 4) is 0 Å². The maximum atomic E-state index is 12.0. The average molecular weight is 315 g/mol. The van der Waals surface area contributed by atoms with Gasteiger partial charge in [-0.15, -0.1) is 0 Å². The van der Waals surface area contributed by atoms with Crippen molar-refractivity contribution in [1.82, 2.24) is 5.32 Å². The SMILES string of the molecule is O=C(O)CCNC(=O)[C@H](Cc1ccccc1)CP(=O)(O)O. The molecule has 0 aliphatic rings. The standard InChI is InChI=1S/C13H18NO6P/c15-12(16)6-7-14-13(17)11(9-21(18,19)20)8-10-4-2-1-3-5-10/h1-5,11H,6-9H2,(H,14,17)(H,15,16)(H2,18,19,20)/t11-/m1/s1. The Kier molecular flexibility index (Phi) is 6.55. The lowest BCUT2D eigenvalue weighted by molar-refractivity contribution is -0.137. The predicted octanol–water partition coefficient (Wildman–Crippen LogP) is 0.614. The molecule has 0 aromatic heterocycles. The van der Waals surface area contributed by atoms with Gasteiger partial charge in [0.25, 0.3) is 0 Å². The van der Waals surface area contributed by atoms with Crippen molar-refractivity contribution < 1.29 is 29.0 Å². The predicted molar refractivity (Wildman–Crippen MR) is 75.8 cm³/mol. The van der Waals surface area contributed by atoms with Crippen LogP contribution >= 0.6 is 7.60 Å². The summed E-state index contributed by atoms with van der Waals surface area (Å²) in [5, 5.41) is 10.9. The van der Waals surface area contributed by atoms with E-state index in [0.717, 1.165) is 5.56 Å². The number of hydrogen-bond acceptors (Lipinski definition) is 3. The summed E-state index contributed by atoms with van der Waals surface area (Å²) in [5.74, 6) is -2.50. The van der Waals surface area contributed by atoms with Crippen molar-refractivity contribution in [2.45, 2.75) is 12.8 Å². The van der Waals surface area contributed by atoms with Gasteiger partial charge in [-0.1, -0.05) is 30.3 Å². The molecule has 1 aromatic rings. The molecule has 1 amide bonds. The number of aliphatic carboxylic acids is 1. The number of amides is 1. The van der Waals surface area contributed by atoms with Crippen LogP contribution in [0.25, 0.3) is 0 Å². The zero-order valence-corrected chi connectivity index (χ0v) is 12.2. The Morgan fingerprint density at radius 2 is 1.81 bits per heavy atom. The molecular weight excluding hydrogens is 297 g/mol. The van der Waals surface area contributed by atoms with Gasteiger partial charge < -0.3 is 20.2 Å². The molecule has 0 fully saturated rings. The first kappa shape index (κ1) is 17.4. The van der Waals surface area contributed by atoms with Gasteiger partial charge >= 0.3 is 13.6 Å². The van der Waals surface area contributed by atoms with Crippen molar-refractivity contribution in [3.63, 3.8) is 0 Å². The smallest absolute Gasteiger partial charge is 0.326 e. The topological polar surface area (TPSA) is 124 Å². The third-order valence-electron chi connectivity index (χ3n) is 2.79. The van der Waals surface area contributed by atoms with Crippen molar-refractivity contribution >= 4 is 19.5 Å². The quantitative estimate of drug-likeness (QED) is 0.521. The second-order valence-corrected chi connectivity index (χ2v) is 6.36. The highest BCUT2D eigenvalue weighted by Crippen LogP contribution is 2.37. The molecule has 1 atom stereocenters. The number of carbonyl (C=O) groups excluding carboxylic acids is 1. The van der Waals surface area contributed by atoms with Gasteiger partial charge in [-0.25, -0.2) is 0 Å². The summed E-state index contributed by atoms with van der Waals surface area (Å²) < 4.78 is 11.1. The summed E-state index contributed by atoms with van der Waals surface area (Å²) >= 11 is 0. The third kappa shape index (κ3) is 7.60. The van der Waals surface area contributed by atoms with Crippen molar-refractivity contribution in [2.24, 2.45) is 5.92 Å². The lowest BCUT2D eigenvalue weighted by atomic mass is 10.0. The normalized spacial score (nSPS) is 12.7. The second-order valence-electron chi connectivity index (χ2n) is 4.67. The van der Waals surface area contributed by atoms with E-state index >= 15 is 0 Å². The van der Waals surface area contributed by atoms with Crippen LogP contribution in [-0.4, -0.2) is 39.5 Å². The summed E-state index contributed by atoms with van der Waals surface area (Å²) in [6.07, 6.45) is -0.620. The van der Waals surface area contributed by atoms with Crippen LogP contribution < -0.4 is 5.32 Å². The molecule has 116 valence electrons. The molecule has 1 aromatic carbocycles. The monoisotopic (exact) mass is 315 g/mol.